The van der Waals surface area contributed by atoms with Gasteiger partial charge in [0.1, 0.15) is 5.82 Å². The summed E-state index contributed by atoms with van der Waals surface area (Å²) in [6.45, 7) is 1.69. The summed E-state index contributed by atoms with van der Waals surface area (Å²) in [5, 5.41) is 11.5. The molecule has 0 saturated carbocycles. The summed E-state index contributed by atoms with van der Waals surface area (Å²) in [6, 6.07) is 2.06. The molecule has 2 rings (SSSR count). The summed E-state index contributed by atoms with van der Waals surface area (Å²) in [5.41, 5.74) is 2.20. The molecule has 1 aromatic rings. The van der Waals surface area contributed by atoms with E-state index in [2.05, 4.69) is 21.4 Å². The minimum absolute atomic E-state index is 0.382. The van der Waals surface area contributed by atoms with Gasteiger partial charge in [0.05, 0.1) is 23.9 Å². The Bertz CT molecular complexity index is 285. The predicted octanol–water partition coefficient (Wildman–Crippen LogP) is 0.0790. The smallest absolute Gasteiger partial charge is 0.120 e. The molecule has 1 aliphatic heterocycles. The van der Waals surface area contributed by atoms with Gasteiger partial charge in [-0.15, -0.1) is 0 Å². The fraction of sp³-hybridized carbons (Fsp3) is 0.429. The zero-order valence-electron chi connectivity index (χ0n) is 6.02. The predicted molar refractivity (Wildman–Crippen MR) is 38.4 cm³/mol. The summed E-state index contributed by atoms with van der Waals surface area (Å²) in [7, 11) is 0. The summed E-state index contributed by atoms with van der Waals surface area (Å²) in [6.07, 6.45) is 0.382. The first kappa shape index (κ1) is 6.38. The van der Waals surface area contributed by atoms with Crippen LogP contribution in [0.25, 0.3) is 0 Å². The van der Waals surface area contributed by atoms with Gasteiger partial charge in [0.15, 0.2) is 0 Å². The zero-order valence-corrected chi connectivity index (χ0v) is 6.02. The van der Waals surface area contributed by atoms with E-state index in [1.54, 1.807) is 0 Å². The molecule has 0 bridgehead atoms. The van der Waals surface area contributed by atoms with Crippen LogP contribution in [0.5, 0.6) is 0 Å². The van der Waals surface area contributed by atoms with Gasteiger partial charge in [0, 0.05) is 13.1 Å². The van der Waals surface area contributed by atoms with E-state index in [-0.39, 0.29) is 0 Å². The Kier molecular flexibility index (Phi) is 1.37. The number of nitriles is 1. The summed E-state index contributed by atoms with van der Waals surface area (Å²) in [5.74, 6) is 0.791. The molecule has 0 saturated heterocycles. The molecule has 0 unspecified atom stereocenters. The lowest BCUT2D eigenvalue weighted by Gasteiger charge is -1.88. The van der Waals surface area contributed by atoms with Gasteiger partial charge in [-0.2, -0.15) is 5.26 Å². The molecule has 0 radical (unpaired) electrons. The number of rotatable bonds is 1. The number of nitrogens with zero attached hydrogens (tertiary/aromatic N) is 2. The van der Waals surface area contributed by atoms with Crippen LogP contribution in [0.2, 0.25) is 0 Å². The van der Waals surface area contributed by atoms with Crippen LogP contribution in [0.1, 0.15) is 17.2 Å². The van der Waals surface area contributed by atoms with E-state index in [4.69, 9.17) is 5.26 Å². The Morgan fingerprint density at radius 3 is 3.18 bits per heavy atom. The van der Waals surface area contributed by atoms with E-state index >= 15 is 0 Å². The van der Waals surface area contributed by atoms with Crippen molar-refractivity contribution in [3.8, 4) is 6.07 Å². The highest BCUT2D eigenvalue weighted by Crippen LogP contribution is 2.11. The first-order chi connectivity index (χ1) is 5.40. The molecule has 4 heteroatoms. The van der Waals surface area contributed by atoms with Gasteiger partial charge in [0.25, 0.3) is 0 Å². The highest BCUT2D eigenvalue weighted by atomic mass is 15.0. The van der Waals surface area contributed by atoms with Gasteiger partial charge in [-0.05, 0) is 0 Å². The van der Waals surface area contributed by atoms with E-state index in [1.807, 2.05) is 0 Å². The lowest BCUT2D eigenvalue weighted by atomic mass is 10.4. The molecule has 0 amide bonds. The van der Waals surface area contributed by atoms with Gasteiger partial charge in [0.2, 0.25) is 0 Å². The van der Waals surface area contributed by atoms with Crippen LogP contribution in [-0.2, 0) is 19.5 Å². The molecule has 11 heavy (non-hydrogen) atoms. The maximum Gasteiger partial charge on any atom is 0.120 e. The Morgan fingerprint density at radius 2 is 2.45 bits per heavy atom. The molecule has 0 atom stereocenters. The van der Waals surface area contributed by atoms with Crippen LogP contribution < -0.4 is 5.32 Å². The van der Waals surface area contributed by atoms with Crippen molar-refractivity contribution in [1.29, 1.82) is 5.26 Å². The SMILES string of the molecule is N#CCc1nc2c([nH]1)CNC2. The highest BCUT2D eigenvalue weighted by molar-refractivity contribution is 5.19. The Morgan fingerprint density at radius 1 is 1.55 bits per heavy atom. The fourth-order valence-electron chi connectivity index (χ4n) is 1.26. The summed E-state index contributed by atoms with van der Waals surface area (Å²) in [4.78, 5) is 7.34. The maximum atomic E-state index is 8.38. The number of nitrogens with one attached hydrogen (secondary N) is 2. The number of fused-ring (bicyclic) bond motifs is 1. The van der Waals surface area contributed by atoms with E-state index in [9.17, 15) is 0 Å². The molecule has 56 valence electrons. The number of hydrogen-bond donors (Lipinski definition) is 2. The second kappa shape index (κ2) is 2.36. The minimum atomic E-state index is 0.382. The van der Waals surface area contributed by atoms with Gasteiger partial charge in [-0.3, -0.25) is 0 Å². The van der Waals surface area contributed by atoms with E-state index in [0.717, 1.165) is 30.3 Å². The quantitative estimate of drug-likeness (QED) is 0.592. The first-order valence-corrected chi connectivity index (χ1v) is 3.54. The van der Waals surface area contributed by atoms with Crippen molar-refractivity contribution in [3.63, 3.8) is 0 Å². The van der Waals surface area contributed by atoms with E-state index < -0.39 is 0 Å². The third-order valence-corrected chi connectivity index (χ3v) is 1.75. The van der Waals surface area contributed by atoms with Crippen LogP contribution in [-0.4, -0.2) is 9.97 Å². The minimum Gasteiger partial charge on any atom is -0.344 e. The Hall–Kier alpha value is -1.34. The van der Waals surface area contributed by atoms with Crippen molar-refractivity contribution in [2.45, 2.75) is 19.5 Å². The number of imidazole rings is 1. The zero-order chi connectivity index (χ0) is 7.68. The number of H-pyrrole nitrogens is 1. The molecule has 0 fully saturated rings. The van der Waals surface area contributed by atoms with Crippen LogP contribution in [0.3, 0.4) is 0 Å². The second-order valence-corrected chi connectivity index (χ2v) is 2.55. The van der Waals surface area contributed by atoms with Crippen molar-refractivity contribution >= 4 is 0 Å². The third-order valence-electron chi connectivity index (χ3n) is 1.75. The van der Waals surface area contributed by atoms with Gasteiger partial charge in [-0.25, -0.2) is 4.98 Å². The van der Waals surface area contributed by atoms with Crippen molar-refractivity contribution < 1.29 is 0 Å². The average molecular weight is 148 g/mol. The van der Waals surface area contributed by atoms with Crippen molar-refractivity contribution in [1.82, 2.24) is 15.3 Å². The van der Waals surface area contributed by atoms with Crippen LogP contribution >= 0.6 is 0 Å². The number of hydrogen-bond acceptors (Lipinski definition) is 3. The molecule has 0 spiro atoms. The molecular weight excluding hydrogens is 140 g/mol. The molecule has 0 aliphatic carbocycles. The third kappa shape index (κ3) is 0.994. The normalized spacial score (nSPS) is 14.5. The van der Waals surface area contributed by atoms with Crippen LogP contribution in [0, 0.1) is 11.3 Å². The summed E-state index contributed by atoms with van der Waals surface area (Å²) < 4.78 is 0. The van der Waals surface area contributed by atoms with Gasteiger partial charge >= 0.3 is 0 Å². The van der Waals surface area contributed by atoms with Crippen LogP contribution in [0.4, 0.5) is 0 Å². The fourth-order valence-corrected chi connectivity index (χ4v) is 1.26. The molecule has 2 N–H and O–H groups in total. The monoisotopic (exact) mass is 148 g/mol. The largest absolute Gasteiger partial charge is 0.344 e. The highest BCUT2D eigenvalue weighted by Gasteiger charge is 2.14. The van der Waals surface area contributed by atoms with Crippen molar-refractivity contribution in [2.75, 3.05) is 0 Å². The standard InChI is InChI=1S/C7H8N4/c8-2-1-7-10-5-3-9-4-6(5)11-7/h9H,1,3-4H2,(H,10,11). The molecular formula is C7H8N4. The average Bonchev–Trinajstić information content (AvgIpc) is 2.46. The van der Waals surface area contributed by atoms with Gasteiger partial charge < -0.3 is 10.3 Å². The molecule has 4 nitrogen and oxygen atoms in total. The number of aromatic amines is 1. The van der Waals surface area contributed by atoms with Crippen molar-refractivity contribution in [3.05, 3.63) is 17.2 Å². The van der Waals surface area contributed by atoms with Crippen LogP contribution in [0.15, 0.2) is 0 Å². The molecule has 1 aromatic heterocycles. The first-order valence-electron chi connectivity index (χ1n) is 3.54. The Labute approximate surface area is 64.3 Å². The van der Waals surface area contributed by atoms with Crippen molar-refractivity contribution in [2.24, 2.45) is 0 Å². The molecule has 2 heterocycles. The summed E-state index contributed by atoms with van der Waals surface area (Å²) >= 11 is 0. The maximum absolute atomic E-state index is 8.38. The topological polar surface area (TPSA) is 64.5 Å². The van der Waals surface area contributed by atoms with E-state index in [0.29, 0.717) is 6.42 Å². The Balaban J connectivity index is 2.29. The lowest BCUT2D eigenvalue weighted by molar-refractivity contribution is 0.737. The molecule has 0 aromatic carbocycles. The number of aromatic nitrogens is 2. The lowest BCUT2D eigenvalue weighted by Crippen LogP contribution is -2.03. The van der Waals surface area contributed by atoms with E-state index in [1.165, 1.54) is 0 Å². The van der Waals surface area contributed by atoms with Gasteiger partial charge in [-0.1, -0.05) is 0 Å². The second-order valence-electron chi connectivity index (χ2n) is 2.55. The molecule has 1 aliphatic rings.